The molecule has 7 nitrogen and oxygen atoms in total. The van der Waals surface area contributed by atoms with Gasteiger partial charge in [0.2, 0.25) is 15.9 Å². The van der Waals surface area contributed by atoms with Crippen molar-refractivity contribution in [1.29, 1.82) is 0 Å². The second-order valence-corrected chi connectivity index (χ2v) is 9.04. The van der Waals surface area contributed by atoms with E-state index in [2.05, 4.69) is 27.3 Å². The smallest absolute Gasteiger partial charge is 0.242 e. The fraction of sp³-hybridized carbons (Fsp3) is 0.562. The number of rotatable bonds is 5. The number of likely N-dealkylation sites (tertiary alicyclic amines) is 1. The van der Waals surface area contributed by atoms with E-state index >= 15 is 0 Å². The van der Waals surface area contributed by atoms with Crippen LogP contribution >= 0.6 is 11.7 Å². The van der Waals surface area contributed by atoms with E-state index in [9.17, 15) is 13.2 Å². The van der Waals surface area contributed by atoms with Crippen LogP contribution in [0.15, 0.2) is 23.1 Å². The van der Waals surface area contributed by atoms with Crippen molar-refractivity contribution >= 4 is 38.7 Å². The zero-order chi connectivity index (χ0) is 18.0. The van der Waals surface area contributed by atoms with E-state index in [1.54, 1.807) is 12.1 Å². The van der Waals surface area contributed by atoms with Gasteiger partial charge >= 0.3 is 0 Å². The number of sulfonamides is 1. The van der Waals surface area contributed by atoms with Crippen LogP contribution in [0.3, 0.4) is 0 Å². The molecule has 0 saturated carbocycles. The van der Waals surface area contributed by atoms with Gasteiger partial charge in [-0.15, -0.1) is 0 Å². The van der Waals surface area contributed by atoms with Crippen LogP contribution in [-0.4, -0.2) is 47.6 Å². The Morgan fingerprint density at radius 3 is 2.72 bits per heavy atom. The molecule has 1 aliphatic rings. The van der Waals surface area contributed by atoms with E-state index < -0.39 is 10.0 Å². The van der Waals surface area contributed by atoms with Crippen LogP contribution in [0, 0.1) is 11.8 Å². The average molecular weight is 383 g/mol. The number of nitrogens with one attached hydrogen (secondary N) is 1. The summed E-state index contributed by atoms with van der Waals surface area (Å²) in [6, 6.07) is 4.86. The Morgan fingerprint density at radius 1 is 1.28 bits per heavy atom. The van der Waals surface area contributed by atoms with E-state index in [0.29, 0.717) is 22.9 Å². The molecule has 2 atom stereocenters. The Hall–Kier alpha value is -1.58. The number of carbonyl (C=O) groups excluding carboxylic acids is 1. The number of aromatic nitrogens is 2. The van der Waals surface area contributed by atoms with Crippen LogP contribution in [-0.2, 0) is 14.8 Å². The Labute approximate surface area is 151 Å². The molecule has 0 radical (unpaired) electrons. The first kappa shape index (κ1) is 18.2. The lowest BCUT2D eigenvalue weighted by Gasteiger charge is -2.35. The average Bonchev–Trinajstić information content (AvgIpc) is 3.02. The van der Waals surface area contributed by atoms with Gasteiger partial charge in [-0.1, -0.05) is 19.9 Å². The second-order valence-electron chi connectivity index (χ2n) is 6.78. The number of fused-ring (bicyclic) bond motifs is 1. The summed E-state index contributed by atoms with van der Waals surface area (Å²) in [6.45, 7) is 5.86. The van der Waals surface area contributed by atoms with Crippen LogP contribution in [0.1, 0.15) is 26.7 Å². The zero-order valence-electron chi connectivity index (χ0n) is 14.3. The lowest BCUT2D eigenvalue weighted by Crippen LogP contribution is -2.43. The van der Waals surface area contributed by atoms with Crippen molar-refractivity contribution in [2.24, 2.45) is 11.8 Å². The van der Waals surface area contributed by atoms with Crippen LogP contribution in [0.2, 0.25) is 0 Å². The van der Waals surface area contributed by atoms with Crippen molar-refractivity contribution in [3.63, 3.8) is 0 Å². The summed E-state index contributed by atoms with van der Waals surface area (Å²) in [6.07, 6.45) is 1.28. The third-order valence-electron chi connectivity index (χ3n) is 4.39. The van der Waals surface area contributed by atoms with E-state index in [1.165, 1.54) is 6.07 Å². The minimum absolute atomic E-state index is 0.00497. The summed E-state index contributed by atoms with van der Waals surface area (Å²) < 4.78 is 35.6. The molecule has 0 aliphatic carbocycles. The van der Waals surface area contributed by atoms with Gasteiger partial charge in [-0.3, -0.25) is 4.79 Å². The molecule has 1 saturated heterocycles. The minimum Gasteiger partial charge on any atom is -0.342 e. The molecule has 3 rings (SSSR count). The summed E-state index contributed by atoms with van der Waals surface area (Å²) in [5.41, 5.74) is 0.922. The van der Waals surface area contributed by atoms with Crippen molar-refractivity contribution in [3.8, 4) is 0 Å². The van der Waals surface area contributed by atoms with E-state index in [1.807, 2.05) is 4.90 Å². The zero-order valence-corrected chi connectivity index (χ0v) is 15.9. The molecule has 1 aromatic carbocycles. The van der Waals surface area contributed by atoms with Crippen molar-refractivity contribution in [2.45, 2.75) is 31.6 Å². The van der Waals surface area contributed by atoms with E-state index in [0.717, 1.165) is 31.2 Å². The largest absolute Gasteiger partial charge is 0.342 e. The number of amides is 1. The number of benzene rings is 1. The lowest BCUT2D eigenvalue weighted by molar-refractivity contribution is -0.133. The summed E-state index contributed by atoms with van der Waals surface area (Å²) >= 11 is 0.978. The van der Waals surface area contributed by atoms with Gasteiger partial charge in [0.15, 0.2) is 0 Å². The van der Waals surface area contributed by atoms with Gasteiger partial charge in [-0.2, -0.15) is 8.75 Å². The maximum absolute atomic E-state index is 12.5. The van der Waals surface area contributed by atoms with Crippen molar-refractivity contribution < 1.29 is 13.2 Å². The highest BCUT2D eigenvalue weighted by molar-refractivity contribution is 7.89. The number of carbonyl (C=O) groups is 1. The standard InChI is InChI=1S/C16H22N4O3S2/c1-11-8-12(2)10-20(9-11)15(21)6-7-17-25(22,23)14-5-3-4-13-16(14)19-24-18-13/h3-5,11-12,17H,6-10H2,1-2H3. The molecule has 1 aliphatic heterocycles. The molecule has 2 aromatic rings. The SMILES string of the molecule is CC1CC(C)CN(C(=O)CCNS(=O)(=O)c2cccc3nsnc23)C1. The van der Waals surface area contributed by atoms with Gasteiger partial charge < -0.3 is 4.90 Å². The highest BCUT2D eigenvalue weighted by Gasteiger charge is 2.25. The predicted molar refractivity (Wildman–Crippen MR) is 96.7 cm³/mol. The minimum atomic E-state index is -3.72. The molecule has 1 N–H and O–H groups in total. The molecule has 9 heteroatoms. The molecular formula is C16H22N4O3S2. The summed E-state index contributed by atoms with van der Waals surface area (Å²) in [5, 5.41) is 0. The maximum atomic E-state index is 12.5. The lowest BCUT2D eigenvalue weighted by atomic mass is 9.92. The molecule has 1 aromatic heterocycles. The van der Waals surface area contributed by atoms with Crippen LogP contribution in [0.25, 0.3) is 11.0 Å². The van der Waals surface area contributed by atoms with Gasteiger partial charge in [0.1, 0.15) is 15.9 Å². The van der Waals surface area contributed by atoms with Gasteiger partial charge in [-0.05, 0) is 30.4 Å². The molecule has 1 amide bonds. The molecule has 25 heavy (non-hydrogen) atoms. The van der Waals surface area contributed by atoms with Gasteiger partial charge in [0.25, 0.3) is 0 Å². The summed E-state index contributed by atoms with van der Waals surface area (Å²) in [4.78, 5) is 14.3. The number of hydrogen-bond acceptors (Lipinski definition) is 6. The van der Waals surface area contributed by atoms with Gasteiger partial charge in [0.05, 0.1) is 11.7 Å². The fourth-order valence-electron chi connectivity index (χ4n) is 3.39. The predicted octanol–water partition coefficient (Wildman–Crippen LogP) is 1.86. The van der Waals surface area contributed by atoms with Crippen LogP contribution < -0.4 is 4.72 Å². The second kappa shape index (κ2) is 7.35. The van der Waals surface area contributed by atoms with E-state index in [-0.39, 0.29) is 23.8 Å². The first-order valence-corrected chi connectivity index (χ1v) is 10.6. The van der Waals surface area contributed by atoms with Crippen molar-refractivity contribution in [1.82, 2.24) is 18.4 Å². The highest BCUT2D eigenvalue weighted by Crippen LogP contribution is 2.22. The summed E-state index contributed by atoms with van der Waals surface area (Å²) in [5.74, 6) is 0.966. The monoisotopic (exact) mass is 382 g/mol. The van der Waals surface area contributed by atoms with E-state index in [4.69, 9.17) is 0 Å². The van der Waals surface area contributed by atoms with Gasteiger partial charge in [-0.25, -0.2) is 13.1 Å². The molecule has 2 unspecified atom stereocenters. The Morgan fingerprint density at radius 2 is 2.00 bits per heavy atom. The summed E-state index contributed by atoms with van der Waals surface area (Å²) in [7, 11) is -3.72. The quantitative estimate of drug-likeness (QED) is 0.852. The molecule has 136 valence electrons. The first-order valence-electron chi connectivity index (χ1n) is 8.35. The normalized spacial score (nSPS) is 21.6. The topological polar surface area (TPSA) is 92.3 Å². The first-order chi connectivity index (χ1) is 11.9. The van der Waals surface area contributed by atoms with Crippen LogP contribution in [0.4, 0.5) is 0 Å². The molecule has 0 spiro atoms. The third kappa shape index (κ3) is 4.16. The molecule has 1 fully saturated rings. The van der Waals surface area contributed by atoms with Gasteiger partial charge in [0, 0.05) is 26.1 Å². The third-order valence-corrected chi connectivity index (χ3v) is 6.43. The molecular weight excluding hydrogens is 360 g/mol. The number of hydrogen-bond donors (Lipinski definition) is 1. The van der Waals surface area contributed by atoms with Crippen LogP contribution in [0.5, 0.6) is 0 Å². The van der Waals surface area contributed by atoms with Crippen molar-refractivity contribution in [3.05, 3.63) is 18.2 Å². The maximum Gasteiger partial charge on any atom is 0.242 e. The Balaban J connectivity index is 1.61. The molecule has 2 heterocycles. The van der Waals surface area contributed by atoms with Crippen molar-refractivity contribution in [2.75, 3.05) is 19.6 Å². The molecule has 0 bridgehead atoms. The highest BCUT2D eigenvalue weighted by atomic mass is 32.2. The number of nitrogens with zero attached hydrogens (tertiary/aromatic N) is 3. The number of piperidine rings is 1. The Bertz CT molecular complexity index is 855. The Kier molecular flexibility index (Phi) is 5.35. The fourth-order valence-corrected chi connectivity index (χ4v) is 5.19.